The first-order chi connectivity index (χ1) is 17.0. The van der Waals surface area contributed by atoms with E-state index in [2.05, 4.69) is 11.4 Å². The molecule has 0 radical (unpaired) electrons. The van der Waals surface area contributed by atoms with Gasteiger partial charge in [-0.1, -0.05) is 78.3 Å². The van der Waals surface area contributed by atoms with Crippen molar-refractivity contribution in [3.05, 3.63) is 125 Å². The van der Waals surface area contributed by atoms with Crippen molar-refractivity contribution in [2.45, 2.75) is 12.5 Å². The highest BCUT2D eigenvalue weighted by Gasteiger charge is 2.21. The number of nitriles is 1. The third-order valence-electron chi connectivity index (χ3n) is 5.43. The second-order valence-electron chi connectivity index (χ2n) is 7.81. The Morgan fingerprint density at radius 3 is 2.06 bits per heavy atom. The van der Waals surface area contributed by atoms with Gasteiger partial charge >= 0.3 is 5.97 Å². The van der Waals surface area contributed by atoms with Gasteiger partial charge in [0.25, 0.3) is 5.91 Å². The second kappa shape index (κ2) is 11.1. The summed E-state index contributed by atoms with van der Waals surface area (Å²) in [7, 11) is 0. The van der Waals surface area contributed by atoms with Crippen LogP contribution in [0.15, 0.2) is 103 Å². The Bertz CT molecular complexity index is 1360. The van der Waals surface area contributed by atoms with Crippen LogP contribution < -0.4 is 10.1 Å². The third-order valence-corrected chi connectivity index (χ3v) is 5.76. The van der Waals surface area contributed by atoms with E-state index in [1.165, 1.54) is 0 Å². The van der Waals surface area contributed by atoms with Crippen LogP contribution in [0, 0.1) is 11.3 Å². The zero-order valence-corrected chi connectivity index (χ0v) is 19.4. The van der Waals surface area contributed by atoms with Crippen LogP contribution in [0.2, 0.25) is 5.02 Å². The molecule has 5 nitrogen and oxygen atoms in total. The zero-order valence-electron chi connectivity index (χ0n) is 18.6. The number of hydrogen-bond donors (Lipinski definition) is 1. The van der Waals surface area contributed by atoms with Gasteiger partial charge in [0.15, 0.2) is 0 Å². The van der Waals surface area contributed by atoms with Gasteiger partial charge in [-0.15, -0.1) is 0 Å². The first kappa shape index (κ1) is 23.7. The highest BCUT2D eigenvalue weighted by atomic mass is 35.5. The molecule has 0 saturated heterocycles. The summed E-state index contributed by atoms with van der Waals surface area (Å²) >= 11 is 6.17. The molecule has 4 rings (SSSR count). The summed E-state index contributed by atoms with van der Waals surface area (Å²) in [6.45, 7) is 0. The minimum absolute atomic E-state index is 0.0580. The number of amides is 1. The van der Waals surface area contributed by atoms with Gasteiger partial charge < -0.3 is 10.1 Å². The van der Waals surface area contributed by atoms with E-state index in [0.29, 0.717) is 21.9 Å². The van der Waals surface area contributed by atoms with Crippen molar-refractivity contribution in [3.8, 4) is 22.9 Å². The van der Waals surface area contributed by atoms with Crippen molar-refractivity contribution in [3.63, 3.8) is 0 Å². The molecule has 0 saturated carbocycles. The average molecular weight is 481 g/mol. The molecule has 0 aliphatic carbocycles. The van der Waals surface area contributed by atoms with Crippen LogP contribution in [0.25, 0.3) is 11.1 Å². The highest BCUT2D eigenvalue weighted by molar-refractivity contribution is 6.33. The van der Waals surface area contributed by atoms with E-state index < -0.39 is 12.0 Å². The predicted octanol–water partition coefficient (Wildman–Crippen LogP) is 6.35. The summed E-state index contributed by atoms with van der Waals surface area (Å²) in [6, 6.07) is 31.9. The fourth-order valence-electron chi connectivity index (χ4n) is 3.61. The Labute approximate surface area is 208 Å². The standard InChI is InChI=1S/C29H21ClN2O3/c30-26-9-5-4-8-25(26)29(34)32-27(23-6-2-1-3-7-23)18-28(33)35-24-16-14-22(15-17-24)21-12-10-20(19-31)11-13-21/h1-17,27H,18H2,(H,32,34). The highest BCUT2D eigenvalue weighted by Crippen LogP contribution is 2.25. The number of rotatable bonds is 7. The van der Waals surface area contributed by atoms with Gasteiger partial charge in [0.2, 0.25) is 0 Å². The second-order valence-corrected chi connectivity index (χ2v) is 8.22. The monoisotopic (exact) mass is 480 g/mol. The number of carbonyl (C=O) groups excluding carboxylic acids is 2. The van der Waals surface area contributed by atoms with Crippen LogP contribution in [0.4, 0.5) is 0 Å². The molecule has 0 heterocycles. The van der Waals surface area contributed by atoms with Crippen molar-refractivity contribution in [1.29, 1.82) is 5.26 Å². The molecule has 0 aliphatic heterocycles. The van der Waals surface area contributed by atoms with E-state index >= 15 is 0 Å². The quantitative estimate of drug-likeness (QED) is 0.247. The minimum atomic E-state index is -0.592. The predicted molar refractivity (Wildman–Crippen MR) is 135 cm³/mol. The van der Waals surface area contributed by atoms with E-state index in [-0.39, 0.29) is 12.3 Å². The van der Waals surface area contributed by atoms with Gasteiger partial charge in [-0.3, -0.25) is 9.59 Å². The van der Waals surface area contributed by atoms with E-state index in [9.17, 15) is 9.59 Å². The summed E-state index contributed by atoms with van der Waals surface area (Å²) in [5.74, 6) is -0.454. The fourth-order valence-corrected chi connectivity index (χ4v) is 3.83. The summed E-state index contributed by atoms with van der Waals surface area (Å²) in [4.78, 5) is 25.6. The van der Waals surface area contributed by atoms with Gasteiger partial charge in [-0.05, 0) is 53.1 Å². The Kier molecular flexibility index (Phi) is 7.57. The molecule has 0 aromatic heterocycles. The lowest BCUT2D eigenvalue weighted by Crippen LogP contribution is -2.31. The maximum absolute atomic E-state index is 12.8. The van der Waals surface area contributed by atoms with Crippen molar-refractivity contribution >= 4 is 23.5 Å². The maximum atomic E-state index is 12.8. The zero-order chi connectivity index (χ0) is 24.6. The minimum Gasteiger partial charge on any atom is -0.426 e. The molecule has 0 bridgehead atoms. The molecule has 4 aromatic carbocycles. The van der Waals surface area contributed by atoms with Gasteiger partial charge in [0, 0.05) is 0 Å². The first-order valence-corrected chi connectivity index (χ1v) is 11.3. The summed E-state index contributed by atoms with van der Waals surface area (Å²) < 4.78 is 5.55. The number of carbonyl (C=O) groups is 2. The lowest BCUT2D eigenvalue weighted by Gasteiger charge is -2.19. The van der Waals surface area contributed by atoms with Gasteiger partial charge in [0.1, 0.15) is 5.75 Å². The number of halogens is 1. The molecule has 35 heavy (non-hydrogen) atoms. The molecule has 0 spiro atoms. The van der Waals surface area contributed by atoms with Gasteiger partial charge in [-0.2, -0.15) is 5.26 Å². The van der Waals surface area contributed by atoms with Gasteiger partial charge in [-0.25, -0.2) is 0 Å². The molecule has 0 fully saturated rings. The van der Waals surface area contributed by atoms with Crippen LogP contribution >= 0.6 is 11.6 Å². The Morgan fingerprint density at radius 2 is 1.43 bits per heavy atom. The van der Waals surface area contributed by atoms with Crippen LogP contribution in [-0.4, -0.2) is 11.9 Å². The number of nitrogens with one attached hydrogen (secondary N) is 1. The summed E-state index contributed by atoms with van der Waals surface area (Å²) in [6.07, 6.45) is -0.0580. The number of benzene rings is 4. The summed E-state index contributed by atoms with van der Waals surface area (Å²) in [5.41, 5.74) is 3.59. The molecule has 172 valence electrons. The maximum Gasteiger partial charge on any atom is 0.313 e. The molecule has 1 atom stereocenters. The molecule has 0 aliphatic rings. The van der Waals surface area contributed by atoms with Crippen molar-refractivity contribution < 1.29 is 14.3 Å². The molecule has 1 unspecified atom stereocenters. The van der Waals surface area contributed by atoms with Crippen LogP contribution in [-0.2, 0) is 4.79 Å². The number of esters is 1. The number of hydrogen-bond acceptors (Lipinski definition) is 4. The smallest absolute Gasteiger partial charge is 0.313 e. The van der Waals surface area contributed by atoms with Crippen molar-refractivity contribution in [2.75, 3.05) is 0 Å². The lowest BCUT2D eigenvalue weighted by atomic mass is 10.0. The number of ether oxygens (including phenoxy) is 1. The molecule has 1 amide bonds. The van der Waals surface area contributed by atoms with E-state index in [4.69, 9.17) is 21.6 Å². The topological polar surface area (TPSA) is 79.2 Å². The van der Waals surface area contributed by atoms with Crippen LogP contribution in [0.3, 0.4) is 0 Å². The van der Waals surface area contributed by atoms with Crippen LogP contribution in [0.5, 0.6) is 5.75 Å². The normalized spacial score (nSPS) is 11.2. The summed E-state index contributed by atoms with van der Waals surface area (Å²) in [5, 5.41) is 12.2. The first-order valence-electron chi connectivity index (χ1n) is 10.9. The molecule has 4 aromatic rings. The van der Waals surface area contributed by atoms with E-state index in [1.807, 2.05) is 54.6 Å². The number of nitrogens with zero attached hydrogens (tertiary/aromatic N) is 1. The lowest BCUT2D eigenvalue weighted by molar-refractivity contribution is -0.134. The Balaban J connectivity index is 1.45. The molecular formula is C29H21ClN2O3. The van der Waals surface area contributed by atoms with E-state index in [0.717, 1.165) is 16.7 Å². The third kappa shape index (κ3) is 6.14. The van der Waals surface area contributed by atoms with Crippen molar-refractivity contribution in [1.82, 2.24) is 5.32 Å². The van der Waals surface area contributed by atoms with Crippen LogP contribution in [0.1, 0.15) is 33.9 Å². The fraction of sp³-hybridized carbons (Fsp3) is 0.0690. The SMILES string of the molecule is N#Cc1ccc(-c2ccc(OC(=O)CC(NC(=O)c3ccccc3Cl)c3ccccc3)cc2)cc1. The largest absolute Gasteiger partial charge is 0.426 e. The Hall–Kier alpha value is -4.40. The van der Waals surface area contributed by atoms with Gasteiger partial charge in [0.05, 0.1) is 34.7 Å². The molecule has 1 N–H and O–H groups in total. The Morgan fingerprint density at radius 1 is 0.829 bits per heavy atom. The molecule has 6 heteroatoms. The molecular weight excluding hydrogens is 460 g/mol. The van der Waals surface area contributed by atoms with E-state index in [1.54, 1.807) is 48.5 Å². The average Bonchev–Trinajstić information content (AvgIpc) is 2.89. The van der Waals surface area contributed by atoms with Crippen molar-refractivity contribution in [2.24, 2.45) is 0 Å².